The summed E-state index contributed by atoms with van der Waals surface area (Å²) < 4.78 is 1.76. The van der Waals surface area contributed by atoms with Crippen molar-refractivity contribution < 1.29 is 4.79 Å². The predicted octanol–water partition coefficient (Wildman–Crippen LogP) is 4.45. The number of nitrogens with one attached hydrogen (secondary N) is 1. The van der Waals surface area contributed by atoms with Crippen molar-refractivity contribution in [2.75, 3.05) is 5.32 Å². The first-order valence-corrected chi connectivity index (χ1v) is 8.06. The fraction of sp³-hybridized carbons (Fsp3) is 0.158. The van der Waals surface area contributed by atoms with E-state index >= 15 is 0 Å². The van der Waals surface area contributed by atoms with Crippen LogP contribution in [0.2, 0.25) is 5.02 Å². The van der Waals surface area contributed by atoms with E-state index in [1.807, 2.05) is 56.3 Å². The van der Waals surface area contributed by atoms with Gasteiger partial charge in [-0.2, -0.15) is 5.10 Å². The van der Waals surface area contributed by atoms with Crippen molar-refractivity contribution in [1.82, 2.24) is 9.78 Å². The minimum Gasteiger partial charge on any atom is -0.307 e. The Morgan fingerprint density at radius 3 is 2.62 bits per heavy atom. The van der Waals surface area contributed by atoms with Gasteiger partial charge in [0, 0.05) is 16.7 Å². The van der Waals surface area contributed by atoms with Crippen molar-refractivity contribution in [3.8, 4) is 0 Å². The van der Waals surface area contributed by atoms with Crippen molar-refractivity contribution in [2.45, 2.75) is 20.4 Å². The Labute approximate surface area is 146 Å². The molecule has 3 rings (SSSR count). The maximum Gasteiger partial charge on any atom is 0.257 e. The van der Waals surface area contributed by atoms with Crippen molar-refractivity contribution in [3.63, 3.8) is 0 Å². The van der Waals surface area contributed by atoms with Gasteiger partial charge in [0.1, 0.15) is 5.82 Å². The van der Waals surface area contributed by atoms with E-state index in [0.717, 1.165) is 16.7 Å². The van der Waals surface area contributed by atoms with Crippen molar-refractivity contribution in [3.05, 3.63) is 82.0 Å². The lowest BCUT2D eigenvalue weighted by Gasteiger charge is -2.11. The fourth-order valence-corrected chi connectivity index (χ4v) is 2.63. The molecule has 122 valence electrons. The average molecular weight is 340 g/mol. The highest BCUT2D eigenvalue weighted by atomic mass is 35.5. The van der Waals surface area contributed by atoms with Crippen LogP contribution in [0.25, 0.3) is 0 Å². The molecule has 0 fully saturated rings. The first-order valence-electron chi connectivity index (χ1n) is 7.68. The van der Waals surface area contributed by atoms with E-state index in [2.05, 4.69) is 10.4 Å². The molecule has 2 aromatic carbocycles. The van der Waals surface area contributed by atoms with Crippen LogP contribution >= 0.6 is 11.6 Å². The normalized spacial score (nSPS) is 10.6. The molecule has 0 saturated heterocycles. The molecule has 0 bridgehead atoms. The molecular formula is C19H18ClN3O. The molecule has 1 heterocycles. The largest absolute Gasteiger partial charge is 0.307 e. The van der Waals surface area contributed by atoms with Crippen molar-refractivity contribution >= 4 is 23.3 Å². The SMILES string of the molecule is Cc1cccc(C(=O)Nc2ccnn2Cc2ccc(Cl)cc2)c1C. The zero-order valence-corrected chi connectivity index (χ0v) is 14.3. The Kier molecular flexibility index (Phi) is 4.67. The highest BCUT2D eigenvalue weighted by molar-refractivity contribution is 6.30. The number of nitrogens with zero attached hydrogens (tertiary/aromatic N) is 2. The number of rotatable bonds is 4. The lowest BCUT2D eigenvalue weighted by Crippen LogP contribution is -2.17. The summed E-state index contributed by atoms with van der Waals surface area (Å²) >= 11 is 5.91. The van der Waals surface area contributed by atoms with E-state index in [1.54, 1.807) is 16.9 Å². The number of carbonyl (C=O) groups is 1. The van der Waals surface area contributed by atoms with Crippen molar-refractivity contribution in [2.24, 2.45) is 0 Å². The summed E-state index contributed by atoms with van der Waals surface area (Å²) in [5, 5.41) is 7.93. The summed E-state index contributed by atoms with van der Waals surface area (Å²) in [6.07, 6.45) is 1.68. The second-order valence-electron chi connectivity index (χ2n) is 5.70. The summed E-state index contributed by atoms with van der Waals surface area (Å²) in [6, 6.07) is 15.1. The lowest BCUT2D eigenvalue weighted by molar-refractivity contribution is 0.102. The number of hydrogen-bond acceptors (Lipinski definition) is 2. The molecule has 0 aliphatic rings. The minimum atomic E-state index is -0.131. The van der Waals surface area contributed by atoms with E-state index in [1.165, 1.54) is 0 Å². The zero-order chi connectivity index (χ0) is 17.1. The van der Waals surface area contributed by atoms with Gasteiger partial charge in [0.25, 0.3) is 5.91 Å². The molecule has 1 amide bonds. The van der Waals surface area contributed by atoms with Crippen LogP contribution in [0.3, 0.4) is 0 Å². The second kappa shape index (κ2) is 6.89. The van der Waals surface area contributed by atoms with Gasteiger partial charge >= 0.3 is 0 Å². The number of halogens is 1. The molecule has 5 heteroatoms. The van der Waals surface area contributed by atoms with Crippen LogP contribution in [0, 0.1) is 13.8 Å². The minimum absolute atomic E-state index is 0.131. The molecule has 0 aliphatic carbocycles. The number of aryl methyl sites for hydroxylation is 1. The quantitative estimate of drug-likeness (QED) is 0.763. The van der Waals surface area contributed by atoms with Gasteiger partial charge in [-0.15, -0.1) is 0 Å². The van der Waals surface area contributed by atoms with E-state index in [-0.39, 0.29) is 5.91 Å². The van der Waals surface area contributed by atoms with Gasteiger partial charge in [0.05, 0.1) is 12.7 Å². The molecule has 24 heavy (non-hydrogen) atoms. The van der Waals surface area contributed by atoms with Crippen LogP contribution in [-0.2, 0) is 6.54 Å². The molecule has 0 radical (unpaired) electrons. The number of carbonyl (C=O) groups excluding carboxylic acids is 1. The first-order chi connectivity index (χ1) is 11.5. The smallest absolute Gasteiger partial charge is 0.257 e. The van der Waals surface area contributed by atoms with E-state index in [0.29, 0.717) is 22.9 Å². The molecule has 0 spiro atoms. The summed E-state index contributed by atoms with van der Waals surface area (Å²) in [6.45, 7) is 4.51. The number of aromatic nitrogens is 2. The van der Waals surface area contributed by atoms with E-state index in [9.17, 15) is 4.79 Å². The Hall–Kier alpha value is -2.59. The van der Waals surface area contributed by atoms with Crippen LogP contribution in [-0.4, -0.2) is 15.7 Å². The summed E-state index contributed by atoms with van der Waals surface area (Å²) in [4.78, 5) is 12.6. The third kappa shape index (κ3) is 3.49. The van der Waals surface area contributed by atoms with E-state index in [4.69, 9.17) is 11.6 Å². The van der Waals surface area contributed by atoms with Gasteiger partial charge in [-0.25, -0.2) is 4.68 Å². The van der Waals surface area contributed by atoms with Gasteiger partial charge < -0.3 is 5.32 Å². The second-order valence-corrected chi connectivity index (χ2v) is 6.14. The van der Waals surface area contributed by atoms with Gasteiger partial charge in [-0.3, -0.25) is 4.79 Å². The number of amides is 1. The van der Waals surface area contributed by atoms with Gasteiger partial charge in [0.15, 0.2) is 0 Å². The topological polar surface area (TPSA) is 46.9 Å². The van der Waals surface area contributed by atoms with Crippen LogP contribution in [0.15, 0.2) is 54.7 Å². The third-order valence-electron chi connectivity index (χ3n) is 4.05. The van der Waals surface area contributed by atoms with Crippen LogP contribution in [0.1, 0.15) is 27.0 Å². The molecule has 0 unspecified atom stereocenters. The zero-order valence-electron chi connectivity index (χ0n) is 13.6. The Balaban J connectivity index is 1.79. The first kappa shape index (κ1) is 16.3. The highest BCUT2D eigenvalue weighted by Gasteiger charge is 2.13. The van der Waals surface area contributed by atoms with Crippen LogP contribution in [0.4, 0.5) is 5.82 Å². The Bertz CT molecular complexity index is 869. The summed E-state index contributed by atoms with van der Waals surface area (Å²) in [5.74, 6) is 0.532. The Morgan fingerprint density at radius 2 is 1.88 bits per heavy atom. The van der Waals surface area contributed by atoms with Crippen molar-refractivity contribution in [1.29, 1.82) is 0 Å². The van der Waals surface area contributed by atoms with Gasteiger partial charge in [0.2, 0.25) is 0 Å². The maximum absolute atomic E-state index is 12.6. The Morgan fingerprint density at radius 1 is 1.12 bits per heavy atom. The molecule has 0 atom stereocenters. The standard InChI is InChI=1S/C19H18ClN3O/c1-13-4-3-5-17(14(13)2)19(24)22-18-10-11-21-23(18)12-15-6-8-16(20)9-7-15/h3-11H,12H2,1-2H3,(H,22,24). The van der Waals surface area contributed by atoms with Gasteiger partial charge in [-0.1, -0.05) is 35.9 Å². The highest BCUT2D eigenvalue weighted by Crippen LogP contribution is 2.17. The maximum atomic E-state index is 12.6. The third-order valence-corrected chi connectivity index (χ3v) is 4.30. The van der Waals surface area contributed by atoms with Crippen LogP contribution in [0.5, 0.6) is 0 Å². The monoisotopic (exact) mass is 339 g/mol. The molecular weight excluding hydrogens is 322 g/mol. The van der Waals surface area contributed by atoms with Crippen LogP contribution < -0.4 is 5.32 Å². The number of anilines is 1. The lowest BCUT2D eigenvalue weighted by atomic mass is 10.0. The molecule has 4 nitrogen and oxygen atoms in total. The van der Waals surface area contributed by atoms with E-state index < -0.39 is 0 Å². The molecule has 3 aromatic rings. The predicted molar refractivity (Wildman–Crippen MR) is 96.7 cm³/mol. The fourth-order valence-electron chi connectivity index (χ4n) is 2.51. The molecule has 1 N–H and O–H groups in total. The molecule has 1 aromatic heterocycles. The average Bonchev–Trinajstić information content (AvgIpc) is 2.99. The van der Waals surface area contributed by atoms with Gasteiger partial charge in [-0.05, 0) is 48.7 Å². The summed E-state index contributed by atoms with van der Waals surface area (Å²) in [5.41, 5.74) is 3.82. The molecule has 0 aliphatic heterocycles. The number of hydrogen-bond donors (Lipinski definition) is 1. The number of benzene rings is 2. The summed E-state index contributed by atoms with van der Waals surface area (Å²) in [7, 11) is 0. The molecule has 0 saturated carbocycles.